The number of para-hydroxylation sites is 1. The van der Waals surface area contributed by atoms with Crippen molar-refractivity contribution in [1.29, 1.82) is 0 Å². The number of azo groups is 1. The van der Waals surface area contributed by atoms with Crippen molar-refractivity contribution in [3.8, 4) is 5.88 Å². The molecule has 1 fully saturated rings. The van der Waals surface area contributed by atoms with Crippen LogP contribution in [0.4, 0.5) is 15.8 Å². The zero-order chi connectivity index (χ0) is 18.8. The minimum Gasteiger partial charge on any atom is -0.493 e. The number of halogens is 1. The summed E-state index contributed by atoms with van der Waals surface area (Å²) >= 11 is 0. The van der Waals surface area contributed by atoms with Gasteiger partial charge in [-0.15, -0.1) is 10.2 Å². The molecule has 6 heteroatoms. The van der Waals surface area contributed by atoms with Gasteiger partial charge >= 0.3 is 0 Å². The summed E-state index contributed by atoms with van der Waals surface area (Å²) in [6.45, 7) is 4.89. The van der Waals surface area contributed by atoms with E-state index in [0.717, 1.165) is 24.0 Å². The molecular formula is C21H23FN4O. The molecule has 1 aromatic heterocycles. The highest BCUT2D eigenvalue weighted by atomic mass is 19.1. The number of aromatic nitrogens is 1. The lowest BCUT2D eigenvalue weighted by molar-refractivity contribution is 0.143. The van der Waals surface area contributed by atoms with E-state index >= 15 is 0 Å². The van der Waals surface area contributed by atoms with Crippen LogP contribution in [0.15, 0.2) is 58.8 Å². The molecule has 0 radical (unpaired) electrons. The van der Waals surface area contributed by atoms with Crippen LogP contribution in [0, 0.1) is 11.7 Å². The fourth-order valence-electron chi connectivity index (χ4n) is 3.77. The first-order valence-electron chi connectivity index (χ1n) is 9.32. The Morgan fingerprint density at radius 2 is 1.89 bits per heavy atom. The maximum absolute atomic E-state index is 13.8. The summed E-state index contributed by atoms with van der Waals surface area (Å²) in [7, 11) is 0. The Morgan fingerprint density at radius 3 is 2.70 bits per heavy atom. The summed E-state index contributed by atoms with van der Waals surface area (Å²) in [5.41, 5.74) is 1.42. The zero-order valence-electron chi connectivity index (χ0n) is 15.3. The Labute approximate surface area is 157 Å². The van der Waals surface area contributed by atoms with Crippen molar-refractivity contribution in [3.63, 3.8) is 0 Å². The van der Waals surface area contributed by atoms with Gasteiger partial charge < -0.3 is 5.11 Å². The Morgan fingerprint density at radius 1 is 1.11 bits per heavy atom. The van der Waals surface area contributed by atoms with Gasteiger partial charge in [0.05, 0.1) is 12.2 Å². The molecule has 3 aromatic rings. The molecule has 27 heavy (non-hydrogen) atoms. The van der Waals surface area contributed by atoms with Crippen LogP contribution >= 0.6 is 0 Å². The van der Waals surface area contributed by atoms with Crippen molar-refractivity contribution in [1.82, 2.24) is 9.47 Å². The number of hydrogen-bond donors (Lipinski definition) is 1. The molecule has 140 valence electrons. The second kappa shape index (κ2) is 7.48. The van der Waals surface area contributed by atoms with Crippen LogP contribution in [0.3, 0.4) is 0 Å². The van der Waals surface area contributed by atoms with Crippen molar-refractivity contribution >= 4 is 22.3 Å². The van der Waals surface area contributed by atoms with Crippen molar-refractivity contribution < 1.29 is 9.50 Å². The van der Waals surface area contributed by atoms with E-state index in [1.165, 1.54) is 18.9 Å². The average molecular weight is 366 g/mol. The van der Waals surface area contributed by atoms with E-state index in [4.69, 9.17) is 0 Å². The Kier molecular flexibility index (Phi) is 4.90. The highest BCUT2D eigenvalue weighted by Crippen LogP contribution is 2.40. The number of piperidine rings is 1. The van der Waals surface area contributed by atoms with Crippen LogP contribution in [0.2, 0.25) is 0 Å². The quantitative estimate of drug-likeness (QED) is 0.612. The zero-order valence-corrected chi connectivity index (χ0v) is 15.3. The average Bonchev–Trinajstić information content (AvgIpc) is 2.93. The Hall–Kier alpha value is -2.73. The van der Waals surface area contributed by atoms with Gasteiger partial charge in [-0.2, -0.15) is 0 Å². The van der Waals surface area contributed by atoms with Crippen LogP contribution in [0.5, 0.6) is 5.88 Å². The standard InChI is InChI=1S/C21H23FN4O/c1-15-7-6-12-25(13-15)14-26-19-11-5-2-8-16(19)20(21(26)27)24-23-18-10-4-3-9-17(18)22/h2-5,8-11,15,27H,6-7,12-14H2,1H3. The van der Waals surface area contributed by atoms with Crippen LogP contribution < -0.4 is 0 Å². The smallest absolute Gasteiger partial charge is 0.221 e. The van der Waals surface area contributed by atoms with Crippen LogP contribution in [0.25, 0.3) is 10.9 Å². The highest BCUT2D eigenvalue weighted by molar-refractivity contribution is 5.95. The number of aromatic hydroxyl groups is 1. The molecule has 1 N–H and O–H groups in total. The molecule has 1 saturated heterocycles. The van der Waals surface area contributed by atoms with E-state index < -0.39 is 5.82 Å². The molecule has 5 nitrogen and oxygen atoms in total. The predicted molar refractivity (Wildman–Crippen MR) is 104 cm³/mol. The third-order valence-electron chi connectivity index (χ3n) is 5.11. The number of rotatable bonds is 4. The summed E-state index contributed by atoms with van der Waals surface area (Å²) < 4.78 is 15.7. The van der Waals surface area contributed by atoms with Crippen LogP contribution in [-0.2, 0) is 6.67 Å². The summed E-state index contributed by atoms with van der Waals surface area (Å²) in [5, 5.41) is 19.9. The summed E-state index contributed by atoms with van der Waals surface area (Å²) in [5.74, 6) is 0.282. The molecule has 4 rings (SSSR count). The first kappa shape index (κ1) is 17.7. The lowest BCUT2D eigenvalue weighted by Crippen LogP contribution is -2.35. The minimum atomic E-state index is -0.438. The van der Waals surface area contributed by atoms with Crippen LogP contribution in [0.1, 0.15) is 19.8 Å². The van der Waals surface area contributed by atoms with Gasteiger partial charge in [-0.05, 0) is 43.5 Å². The maximum Gasteiger partial charge on any atom is 0.221 e. The van der Waals surface area contributed by atoms with Gasteiger partial charge in [0, 0.05) is 11.9 Å². The topological polar surface area (TPSA) is 53.1 Å². The lowest BCUT2D eigenvalue weighted by Gasteiger charge is -2.31. The molecule has 0 spiro atoms. The van der Waals surface area contributed by atoms with Crippen molar-refractivity contribution in [2.24, 2.45) is 16.1 Å². The van der Waals surface area contributed by atoms with Gasteiger partial charge in [0.15, 0.2) is 11.5 Å². The predicted octanol–water partition coefficient (Wildman–Crippen LogP) is 5.59. The van der Waals surface area contributed by atoms with Gasteiger partial charge in [-0.25, -0.2) is 4.39 Å². The molecule has 1 atom stereocenters. The van der Waals surface area contributed by atoms with Gasteiger partial charge in [0.1, 0.15) is 5.69 Å². The monoisotopic (exact) mass is 366 g/mol. The minimum absolute atomic E-state index is 0.0644. The third-order valence-corrected chi connectivity index (χ3v) is 5.11. The number of nitrogens with zero attached hydrogens (tertiary/aromatic N) is 4. The molecule has 0 saturated carbocycles. The van der Waals surface area contributed by atoms with E-state index in [2.05, 4.69) is 22.1 Å². The van der Waals surface area contributed by atoms with Crippen molar-refractivity contribution in [3.05, 3.63) is 54.3 Å². The molecule has 1 unspecified atom stereocenters. The van der Waals surface area contributed by atoms with Gasteiger partial charge in [-0.1, -0.05) is 37.3 Å². The number of hydrogen-bond acceptors (Lipinski definition) is 4. The lowest BCUT2D eigenvalue weighted by atomic mass is 10.0. The molecule has 2 heterocycles. The summed E-state index contributed by atoms with van der Waals surface area (Å²) in [6.07, 6.45) is 2.41. The third kappa shape index (κ3) is 3.57. The normalized spacial score (nSPS) is 18.5. The Balaban J connectivity index is 1.71. The van der Waals surface area contributed by atoms with Gasteiger partial charge in [0.2, 0.25) is 5.88 Å². The summed E-state index contributed by atoms with van der Waals surface area (Å²) in [6, 6.07) is 13.9. The first-order chi connectivity index (χ1) is 13.1. The maximum atomic E-state index is 13.8. The molecule has 0 amide bonds. The number of likely N-dealkylation sites (tertiary alicyclic amines) is 1. The largest absolute Gasteiger partial charge is 0.493 e. The Bertz CT molecular complexity index is 981. The van der Waals surface area contributed by atoms with E-state index in [-0.39, 0.29) is 11.6 Å². The SMILES string of the molecule is CC1CCCN(Cn2c(O)c(N=Nc3ccccc3F)c3ccccc32)C1. The van der Waals surface area contributed by atoms with E-state index in [1.807, 2.05) is 28.8 Å². The second-order valence-corrected chi connectivity index (χ2v) is 7.23. The van der Waals surface area contributed by atoms with Crippen molar-refractivity contribution in [2.75, 3.05) is 13.1 Å². The van der Waals surface area contributed by atoms with Gasteiger partial charge in [-0.3, -0.25) is 9.47 Å². The second-order valence-electron chi connectivity index (χ2n) is 7.23. The molecule has 0 bridgehead atoms. The molecule has 2 aromatic carbocycles. The van der Waals surface area contributed by atoms with E-state index in [1.54, 1.807) is 18.2 Å². The van der Waals surface area contributed by atoms with Crippen LogP contribution in [-0.4, -0.2) is 27.7 Å². The molecular weight excluding hydrogens is 343 g/mol. The van der Waals surface area contributed by atoms with Gasteiger partial charge in [0.25, 0.3) is 0 Å². The van der Waals surface area contributed by atoms with E-state index in [0.29, 0.717) is 18.3 Å². The fourth-order valence-corrected chi connectivity index (χ4v) is 3.77. The summed E-state index contributed by atoms with van der Waals surface area (Å²) in [4.78, 5) is 2.35. The molecule has 0 aliphatic carbocycles. The fraction of sp³-hybridized carbons (Fsp3) is 0.333. The number of fused-ring (bicyclic) bond motifs is 1. The number of benzene rings is 2. The molecule has 1 aliphatic rings. The highest BCUT2D eigenvalue weighted by Gasteiger charge is 2.21. The van der Waals surface area contributed by atoms with E-state index in [9.17, 15) is 9.50 Å². The van der Waals surface area contributed by atoms with Crippen molar-refractivity contribution in [2.45, 2.75) is 26.4 Å². The molecule has 1 aliphatic heterocycles. The first-order valence-corrected chi connectivity index (χ1v) is 9.32.